The van der Waals surface area contributed by atoms with Crippen molar-refractivity contribution in [1.29, 1.82) is 0 Å². The van der Waals surface area contributed by atoms with E-state index in [0.717, 1.165) is 0 Å². The summed E-state index contributed by atoms with van der Waals surface area (Å²) in [6.45, 7) is 2.98. The molecule has 34 heavy (non-hydrogen) atoms. The van der Waals surface area contributed by atoms with Gasteiger partial charge in [0.1, 0.15) is 23.7 Å². The van der Waals surface area contributed by atoms with Gasteiger partial charge in [-0.05, 0) is 24.3 Å². The van der Waals surface area contributed by atoms with Gasteiger partial charge in [0.25, 0.3) is 5.91 Å². The summed E-state index contributed by atoms with van der Waals surface area (Å²) in [5.41, 5.74) is -0.754. The molecule has 0 spiro atoms. The van der Waals surface area contributed by atoms with E-state index in [1.165, 1.54) is 7.11 Å². The predicted octanol–water partition coefficient (Wildman–Crippen LogP) is 2.28. The Hall–Kier alpha value is -2.88. The van der Waals surface area contributed by atoms with E-state index in [9.17, 15) is 9.59 Å². The first kappa shape index (κ1) is 24.3. The Labute approximate surface area is 203 Å². The molecule has 4 rings (SSSR count). The van der Waals surface area contributed by atoms with Crippen molar-refractivity contribution in [2.24, 2.45) is 0 Å². The summed E-state index contributed by atoms with van der Waals surface area (Å²) in [6.07, 6.45) is 0.0723. The van der Waals surface area contributed by atoms with Crippen LogP contribution in [0.25, 0.3) is 0 Å². The normalized spacial score (nSPS) is 20.6. The van der Waals surface area contributed by atoms with E-state index < -0.39 is 5.60 Å². The quantitative estimate of drug-likeness (QED) is 0.589. The van der Waals surface area contributed by atoms with Gasteiger partial charge in [0, 0.05) is 30.7 Å². The zero-order valence-electron chi connectivity index (χ0n) is 19.1. The maximum atomic E-state index is 13.2. The number of morpholine rings is 2. The third kappa shape index (κ3) is 5.97. The lowest BCUT2D eigenvalue weighted by atomic mass is 9.96. The zero-order chi connectivity index (χ0) is 24.0. The van der Waals surface area contributed by atoms with E-state index >= 15 is 0 Å². The second kappa shape index (κ2) is 11.0. The summed E-state index contributed by atoms with van der Waals surface area (Å²) in [6, 6.07) is 12.1. The van der Waals surface area contributed by atoms with Gasteiger partial charge in [-0.1, -0.05) is 23.7 Å². The maximum Gasteiger partial charge on any atom is 0.272 e. The van der Waals surface area contributed by atoms with Crippen LogP contribution in [0.5, 0.6) is 11.6 Å². The summed E-state index contributed by atoms with van der Waals surface area (Å²) in [4.78, 5) is 34.1. The summed E-state index contributed by atoms with van der Waals surface area (Å²) in [5.74, 6) is 0.601. The highest BCUT2D eigenvalue weighted by atomic mass is 35.5. The Morgan fingerprint density at radius 2 is 1.85 bits per heavy atom. The zero-order valence-corrected chi connectivity index (χ0v) is 19.8. The van der Waals surface area contributed by atoms with Gasteiger partial charge in [-0.25, -0.2) is 4.98 Å². The second-order valence-corrected chi connectivity index (χ2v) is 8.68. The predicted molar refractivity (Wildman–Crippen MR) is 124 cm³/mol. The molecule has 2 aliphatic rings. The molecule has 2 aromatic rings. The van der Waals surface area contributed by atoms with Gasteiger partial charge in [0.15, 0.2) is 0 Å². The van der Waals surface area contributed by atoms with Crippen molar-refractivity contribution in [2.45, 2.75) is 12.0 Å². The number of benzene rings is 1. The molecule has 1 aromatic carbocycles. The van der Waals surface area contributed by atoms with Gasteiger partial charge in [-0.3, -0.25) is 9.59 Å². The van der Waals surface area contributed by atoms with Crippen LogP contribution in [-0.2, 0) is 14.3 Å². The van der Waals surface area contributed by atoms with E-state index in [1.54, 1.807) is 52.3 Å². The van der Waals surface area contributed by atoms with Crippen molar-refractivity contribution in [3.8, 4) is 11.6 Å². The van der Waals surface area contributed by atoms with Gasteiger partial charge < -0.3 is 28.7 Å². The van der Waals surface area contributed by atoms with Crippen LogP contribution in [0.2, 0.25) is 5.02 Å². The van der Waals surface area contributed by atoms with E-state index in [0.29, 0.717) is 49.5 Å². The molecule has 1 aromatic heterocycles. The third-order valence-corrected chi connectivity index (χ3v) is 6.06. The lowest BCUT2D eigenvalue weighted by Crippen LogP contribution is -2.58. The Morgan fingerprint density at radius 1 is 1.09 bits per heavy atom. The molecule has 10 heteroatoms. The molecule has 0 aliphatic carbocycles. The number of carbonyl (C=O) groups is 2. The van der Waals surface area contributed by atoms with Crippen molar-refractivity contribution >= 4 is 23.4 Å². The summed E-state index contributed by atoms with van der Waals surface area (Å²) < 4.78 is 22.7. The van der Waals surface area contributed by atoms with E-state index in [2.05, 4.69) is 4.98 Å². The molecular formula is C24H28ClN3O6. The second-order valence-electron chi connectivity index (χ2n) is 8.24. The largest absolute Gasteiger partial charge is 0.490 e. The van der Waals surface area contributed by atoms with Crippen molar-refractivity contribution in [1.82, 2.24) is 14.8 Å². The number of rotatable bonds is 7. The minimum Gasteiger partial charge on any atom is -0.490 e. The molecule has 0 bridgehead atoms. The highest BCUT2D eigenvalue weighted by Gasteiger charge is 2.42. The Morgan fingerprint density at radius 3 is 2.62 bits per heavy atom. The number of pyridine rings is 1. The van der Waals surface area contributed by atoms with Gasteiger partial charge in [-0.2, -0.15) is 0 Å². The monoisotopic (exact) mass is 489 g/mol. The topological polar surface area (TPSA) is 90.4 Å². The molecule has 0 saturated carbocycles. The fourth-order valence-corrected chi connectivity index (χ4v) is 4.23. The molecule has 1 atom stereocenters. The number of carbonyl (C=O) groups excluding carboxylic acids is 2. The van der Waals surface area contributed by atoms with Crippen LogP contribution < -0.4 is 9.47 Å². The molecule has 2 fully saturated rings. The Balaban J connectivity index is 1.54. The minimum absolute atomic E-state index is 0.0631. The average Bonchev–Trinajstić information content (AvgIpc) is 2.88. The SMILES string of the molecule is COc1cccc(C(=O)N2CCO[C@](COc3cccc(Cl)c3)(CC(=O)N3CCOCC3)C2)n1. The van der Waals surface area contributed by atoms with E-state index in [1.807, 2.05) is 0 Å². The Kier molecular flexibility index (Phi) is 7.87. The third-order valence-electron chi connectivity index (χ3n) is 5.82. The molecular weight excluding hydrogens is 462 g/mol. The van der Waals surface area contributed by atoms with Gasteiger partial charge in [0.2, 0.25) is 11.8 Å². The summed E-state index contributed by atoms with van der Waals surface area (Å²) in [7, 11) is 1.50. The van der Waals surface area contributed by atoms with Crippen LogP contribution in [0.4, 0.5) is 0 Å². The number of hydrogen-bond acceptors (Lipinski definition) is 7. The molecule has 0 N–H and O–H groups in total. The number of methoxy groups -OCH3 is 1. The highest BCUT2D eigenvalue weighted by Crippen LogP contribution is 2.27. The van der Waals surface area contributed by atoms with E-state index in [-0.39, 0.29) is 43.7 Å². The molecule has 0 unspecified atom stereocenters. The molecule has 0 radical (unpaired) electrons. The molecule has 2 aliphatic heterocycles. The number of ether oxygens (including phenoxy) is 4. The number of nitrogens with zero attached hydrogens (tertiary/aromatic N) is 3. The lowest BCUT2D eigenvalue weighted by molar-refractivity contribution is -0.155. The maximum absolute atomic E-state index is 13.2. The van der Waals surface area contributed by atoms with Gasteiger partial charge in [0.05, 0.1) is 39.9 Å². The molecule has 182 valence electrons. The van der Waals surface area contributed by atoms with Crippen LogP contribution in [0.1, 0.15) is 16.9 Å². The van der Waals surface area contributed by atoms with Crippen LogP contribution >= 0.6 is 11.6 Å². The van der Waals surface area contributed by atoms with Gasteiger partial charge in [-0.15, -0.1) is 0 Å². The molecule has 2 amide bonds. The van der Waals surface area contributed by atoms with Crippen LogP contribution in [-0.4, -0.2) is 91.9 Å². The number of hydrogen-bond donors (Lipinski definition) is 0. The van der Waals surface area contributed by atoms with Crippen LogP contribution in [0, 0.1) is 0 Å². The number of aromatic nitrogens is 1. The van der Waals surface area contributed by atoms with E-state index in [4.69, 9.17) is 30.5 Å². The molecule has 9 nitrogen and oxygen atoms in total. The summed E-state index contributed by atoms with van der Waals surface area (Å²) >= 11 is 6.09. The van der Waals surface area contributed by atoms with Crippen molar-refractivity contribution in [3.05, 3.63) is 53.2 Å². The fraction of sp³-hybridized carbons (Fsp3) is 0.458. The van der Waals surface area contributed by atoms with Crippen molar-refractivity contribution < 1.29 is 28.5 Å². The smallest absolute Gasteiger partial charge is 0.272 e. The van der Waals surface area contributed by atoms with Crippen LogP contribution in [0.3, 0.4) is 0 Å². The number of halogens is 1. The lowest BCUT2D eigenvalue weighted by Gasteiger charge is -2.43. The average molecular weight is 490 g/mol. The fourth-order valence-electron chi connectivity index (χ4n) is 4.04. The van der Waals surface area contributed by atoms with Crippen molar-refractivity contribution in [3.63, 3.8) is 0 Å². The first-order chi connectivity index (χ1) is 16.5. The minimum atomic E-state index is -1.02. The first-order valence-corrected chi connectivity index (χ1v) is 11.5. The first-order valence-electron chi connectivity index (χ1n) is 11.2. The summed E-state index contributed by atoms with van der Waals surface area (Å²) in [5, 5.41) is 0.543. The number of amides is 2. The standard InChI is InChI=1S/C24H28ClN3O6/c1-31-21-7-3-6-20(26-21)23(30)28-10-13-34-24(16-28,15-22(29)27-8-11-32-12-9-27)17-33-19-5-2-4-18(25)14-19/h2-7,14H,8-13,15-17H2,1H3/t24-/m1/s1. The molecule has 3 heterocycles. The Bertz CT molecular complexity index is 1020. The van der Waals surface area contributed by atoms with Gasteiger partial charge >= 0.3 is 0 Å². The molecule has 2 saturated heterocycles. The van der Waals surface area contributed by atoms with Crippen LogP contribution in [0.15, 0.2) is 42.5 Å². The highest BCUT2D eigenvalue weighted by molar-refractivity contribution is 6.30. The van der Waals surface area contributed by atoms with Crippen molar-refractivity contribution in [2.75, 3.05) is 59.7 Å².